The number of hydrogen-bond donors (Lipinski definition) is 0. The van der Waals surface area contributed by atoms with Gasteiger partial charge < -0.3 is 14.4 Å². The van der Waals surface area contributed by atoms with Gasteiger partial charge in [-0.05, 0) is 36.5 Å². The van der Waals surface area contributed by atoms with Crippen molar-refractivity contribution in [1.82, 2.24) is 4.90 Å². The molecule has 1 amide bonds. The number of hydrogen-bond acceptors (Lipinski definition) is 4. The predicted molar refractivity (Wildman–Crippen MR) is 91.7 cm³/mol. The summed E-state index contributed by atoms with van der Waals surface area (Å²) < 4.78 is 10.6. The van der Waals surface area contributed by atoms with Gasteiger partial charge in [0.25, 0.3) is 0 Å². The topological polar surface area (TPSA) is 62.6 Å². The molecule has 0 spiro atoms. The van der Waals surface area contributed by atoms with E-state index in [0.29, 0.717) is 24.0 Å². The second-order valence-corrected chi connectivity index (χ2v) is 6.37. The molecule has 130 valence electrons. The predicted octanol–water partition coefficient (Wildman–Crippen LogP) is 3.52. The zero-order valence-corrected chi connectivity index (χ0v) is 14.7. The third-order valence-corrected chi connectivity index (χ3v) is 4.82. The molecule has 1 aromatic carbocycles. The van der Waals surface area contributed by atoms with E-state index in [1.54, 1.807) is 14.2 Å². The van der Waals surface area contributed by atoms with Crippen LogP contribution in [0.3, 0.4) is 0 Å². The van der Waals surface area contributed by atoms with Crippen LogP contribution in [0.4, 0.5) is 0 Å². The highest BCUT2D eigenvalue weighted by atomic mass is 16.5. The fraction of sp³-hybridized carbons (Fsp3) is 0.579. The molecule has 0 aromatic heterocycles. The Morgan fingerprint density at radius 2 is 1.96 bits per heavy atom. The molecule has 1 aliphatic rings. The van der Waals surface area contributed by atoms with E-state index in [2.05, 4.69) is 6.92 Å². The summed E-state index contributed by atoms with van der Waals surface area (Å²) >= 11 is 0. The first-order valence-electron chi connectivity index (χ1n) is 8.48. The van der Waals surface area contributed by atoms with Crippen LogP contribution in [-0.2, 0) is 11.3 Å². The number of amides is 1. The number of rotatable bonds is 6. The molecule has 1 aliphatic carbocycles. The number of carbonyl (C=O) groups is 1. The minimum Gasteiger partial charge on any atom is -0.493 e. The summed E-state index contributed by atoms with van der Waals surface area (Å²) in [5.41, 5.74) is 0.983. The molecule has 1 fully saturated rings. The lowest BCUT2D eigenvalue weighted by molar-refractivity contribution is -0.135. The van der Waals surface area contributed by atoms with E-state index in [4.69, 9.17) is 14.7 Å². The van der Waals surface area contributed by atoms with Crippen LogP contribution in [0.15, 0.2) is 18.2 Å². The van der Waals surface area contributed by atoms with E-state index in [0.717, 1.165) is 24.8 Å². The van der Waals surface area contributed by atoms with Crippen LogP contribution in [0.2, 0.25) is 0 Å². The first-order chi connectivity index (χ1) is 11.6. The van der Waals surface area contributed by atoms with Crippen molar-refractivity contribution in [1.29, 1.82) is 5.26 Å². The minimum absolute atomic E-state index is 0.0729. The summed E-state index contributed by atoms with van der Waals surface area (Å²) in [6, 6.07) is 7.89. The monoisotopic (exact) mass is 330 g/mol. The Bertz CT molecular complexity index is 609. The van der Waals surface area contributed by atoms with Crippen LogP contribution in [-0.4, -0.2) is 31.1 Å². The molecular weight excluding hydrogens is 304 g/mol. The van der Waals surface area contributed by atoms with E-state index in [-0.39, 0.29) is 18.4 Å². The molecule has 0 aliphatic heterocycles. The van der Waals surface area contributed by atoms with Gasteiger partial charge >= 0.3 is 0 Å². The van der Waals surface area contributed by atoms with Gasteiger partial charge in [0, 0.05) is 12.6 Å². The van der Waals surface area contributed by atoms with Crippen LogP contribution < -0.4 is 9.47 Å². The zero-order valence-electron chi connectivity index (χ0n) is 14.7. The van der Waals surface area contributed by atoms with Crippen molar-refractivity contribution >= 4 is 5.91 Å². The lowest BCUT2D eigenvalue weighted by Crippen LogP contribution is -2.44. The molecule has 5 nitrogen and oxygen atoms in total. The lowest BCUT2D eigenvalue weighted by atomic mass is 9.84. The summed E-state index contributed by atoms with van der Waals surface area (Å²) in [6.07, 6.45) is 4.42. The Kier molecular flexibility index (Phi) is 6.48. The maximum Gasteiger partial charge on any atom is 0.237 e. The summed E-state index contributed by atoms with van der Waals surface area (Å²) in [4.78, 5) is 14.4. The van der Waals surface area contributed by atoms with Crippen molar-refractivity contribution in [3.63, 3.8) is 0 Å². The second kappa shape index (κ2) is 8.58. The molecule has 0 radical (unpaired) electrons. The van der Waals surface area contributed by atoms with Crippen molar-refractivity contribution < 1.29 is 14.3 Å². The fourth-order valence-corrected chi connectivity index (χ4v) is 3.49. The number of nitriles is 1. The first kappa shape index (κ1) is 18.1. The number of ether oxygens (including phenoxy) is 2. The molecule has 0 N–H and O–H groups in total. The van der Waals surface area contributed by atoms with Gasteiger partial charge in [-0.15, -0.1) is 0 Å². The Labute approximate surface area is 144 Å². The number of benzene rings is 1. The Balaban J connectivity index is 2.24. The maximum atomic E-state index is 12.5. The van der Waals surface area contributed by atoms with Gasteiger partial charge in [-0.1, -0.05) is 25.8 Å². The van der Waals surface area contributed by atoms with E-state index < -0.39 is 0 Å². The highest BCUT2D eigenvalue weighted by Gasteiger charge is 2.30. The Morgan fingerprint density at radius 1 is 1.25 bits per heavy atom. The zero-order chi connectivity index (χ0) is 17.5. The largest absolute Gasteiger partial charge is 0.493 e. The van der Waals surface area contributed by atoms with Crippen molar-refractivity contribution in [2.24, 2.45) is 5.92 Å². The molecule has 2 rings (SSSR count). The fourth-order valence-electron chi connectivity index (χ4n) is 3.49. The molecule has 0 unspecified atom stereocenters. The van der Waals surface area contributed by atoms with Crippen molar-refractivity contribution in [2.45, 2.75) is 51.6 Å². The standard InChI is InChI=1S/C19H26N2O3/c1-14-6-4-5-7-16(14)21(19(22)10-11-20)13-15-8-9-17(23-2)18(12-15)24-3/h8-9,12,14,16H,4-7,10,13H2,1-3H3/t14-,16+/m1/s1. The number of carbonyl (C=O) groups excluding carboxylic acids is 1. The van der Waals surface area contributed by atoms with Crippen LogP contribution in [0, 0.1) is 17.2 Å². The molecular formula is C19H26N2O3. The highest BCUT2D eigenvalue weighted by Crippen LogP contribution is 2.32. The van der Waals surface area contributed by atoms with E-state index in [1.807, 2.05) is 29.2 Å². The minimum atomic E-state index is -0.0916. The molecule has 1 aromatic rings. The molecule has 0 bridgehead atoms. The van der Waals surface area contributed by atoms with E-state index in [1.165, 1.54) is 6.42 Å². The SMILES string of the molecule is COc1ccc(CN(C(=O)CC#N)[C@H]2CCCC[C@H]2C)cc1OC. The second-order valence-electron chi connectivity index (χ2n) is 6.37. The van der Waals surface area contributed by atoms with Crippen molar-refractivity contribution in [2.75, 3.05) is 14.2 Å². The third-order valence-electron chi connectivity index (χ3n) is 4.82. The van der Waals surface area contributed by atoms with Gasteiger partial charge in [-0.25, -0.2) is 0 Å². The normalized spacial score (nSPS) is 20.1. The van der Waals surface area contributed by atoms with Gasteiger partial charge in [0.15, 0.2) is 11.5 Å². The average molecular weight is 330 g/mol. The quantitative estimate of drug-likeness (QED) is 0.800. The van der Waals surface area contributed by atoms with Crippen molar-refractivity contribution in [3.05, 3.63) is 23.8 Å². The summed E-state index contributed by atoms with van der Waals surface area (Å²) in [5.74, 6) is 1.69. The van der Waals surface area contributed by atoms with Crippen LogP contribution in [0.1, 0.15) is 44.6 Å². The van der Waals surface area contributed by atoms with Gasteiger partial charge in [0.05, 0.1) is 20.3 Å². The third kappa shape index (κ3) is 4.19. The van der Waals surface area contributed by atoms with E-state index >= 15 is 0 Å². The summed E-state index contributed by atoms with van der Waals surface area (Å²) in [7, 11) is 3.20. The van der Waals surface area contributed by atoms with Gasteiger partial charge in [-0.2, -0.15) is 5.26 Å². The maximum absolute atomic E-state index is 12.5. The Morgan fingerprint density at radius 3 is 2.58 bits per heavy atom. The summed E-state index contributed by atoms with van der Waals surface area (Å²) in [6.45, 7) is 2.70. The van der Waals surface area contributed by atoms with Gasteiger partial charge in [0.1, 0.15) is 6.42 Å². The smallest absolute Gasteiger partial charge is 0.237 e. The highest BCUT2D eigenvalue weighted by molar-refractivity contribution is 5.78. The van der Waals surface area contributed by atoms with Crippen molar-refractivity contribution in [3.8, 4) is 17.6 Å². The molecule has 1 saturated carbocycles. The van der Waals surface area contributed by atoms with Gasteiger partial charge in [0.2, 0.25) is 5.91 Å². The number of nitrogens with zero attached hydrogens (tertiary/aromatic N) is 2. The average Bonchev–Trinajstić information content (AvgIpc) is 2.60. The van der Waals surface area contributed by atoms with Crippen LogP contribution in [0.5, 0.6) is 11.5 Å². The molecule has 0 saturated heterocycles. The molecule has 24 heavy (non-hydrogen) atoms. The summed E-state index contributed by atoms with van der Waals surface area (Å²) in [5, 5.41) is 8.93. The Hall–Kier alpha value is -2.22. The van der Waals surface area contributed by atoms with Crippen LogP contribution in [0.25, 0.3) is 0 Å². The van der Waals surface area contributed by atoms with E-state index in [9.17, 15) is 4.79 Å². The first-order valence-corrected chi connectivity index (χ1v) is 8.48. The lowest BCUT2D eigenvalue weighted by Gasteiger charge is -2.38. The number of methoxy groups -OCH3 is 2. The van der Waals surface area contributed by atoms with Gasteiger partial charge in [-0.3, -0.25) is 4.79 Å². The molecule has 2 atom stereocenters. The molecule has 5 heteroatoms. The molecule has 0 heterocycles. The van der Waals surface area contributed by atoms with Crippen LogP contribution >= 0.6 is 0 Å².